The molecule has 0 amide bonds. The average molecular weight is 437 g/mol. The third-order valence-electron chi connectivity index (χ3n) is 4.58. The van der Waals surface area contributed by atoms with E-state index >= 15 is 0 Å². The first-order valence-electron chi connectivity index (χ1n) is 9.28. The summed E-state index contributed by atoms with van der Waals surface area (Å²) in [6, 6.07) is 19.2. The van der Waals surface area contributed by atoms with Gasteiger partial charge in [-0.15, -0.1) is 10.2 Å². The lowest BCUT2D eigenvalue weighted by atomic mass is 10.1. The summed E-state index contributed by atoms with van der Waals surface area (Å²) in [6.07, 6.45) is 0. The van der Waals surface area contributed by atoms with Crippen molar-refractivity contribution in [3.63, 3.8) is 0 Å². The molecule has 7 nitrogen and oxygen atoms in total. The highest BCUT2D eigenvalue weighted by Gasteiger charge is 2.29. The molecule has 0 saturated carbocycles. The molecule has 1 N–H and O–H groups in total. The van der Waals surface area contributed by atoms with Crippen LogP contribution >= 0.6 is 22.9 Å². The zero-order valence-electron chi connectivity index (χ0n) is 16.2. The summed E-state index contributed by atoms with van der Waals surface area (Å²) < 4.78 is 7.87. The lowest BCUT2D eigenvalue weighted by Gasteiger charge is -2.23. The Hall–Kier alpha value is -3.23. The lowest BCUT2D eigenvalue weighted by Crippen LogP contribution is -2.25. The average Bonchev–Trinajstić information content (AvgIpc) is 3.46. The van der Waals surface area contributed by atoms with Crippen LogP contribution in [0.2, 0.25) is 5.02 Å². The number of halogens is 1. The van der Waals surface area contributed by atoms with Crippen LogP contribution in [0.3, 0.4) is 0 Å². The highest BCUT2D eigenvalue weighted by Crippen LogP contribution is 2.32. The first kappa shape index (κ1) is 18.8. The number of hydrogen-bond donors (Lipinski definition) is 1. The summed E-state index contributed by atoms with van der Waals surface area (Å²) in [7, 11) is 0. The van der Waals surface area contributed by atoms with E-state index in [2.05, 4.69) is 20.4 Å². The first-order chi connectivity index (χ1) is 14.5. The number of rotatable bonds is 5. The summed E-state index contributed by atoms with van der Waals surface area (Å²) in [5.74, 6) is 1.32. The van der Waals surface area contributed by atoms with Crippen molar-refractivity contribution in [2.24, 2.45) is 0 Å². The monoisotopic (exact) mass is 436 g/mol. The van der Waals surface area contributed by atoms with Crippen LogP contribution in [-0.4, -0.2) is 30.0 Å². The van der Waals surface area contributed by atoms with Crippen molar-refractivity contribution in [1.29, 1.82) is 0 Å². The largest absolute Gasteiger partial charge is 0.481 e. The van der Waals surface area contributed by atoms with Gasteiger partial charge in [0.15, 0.2) is 10.6 Å². The molecule has 0 saturated heterocycles. The van der Waals surface area contributed by atoms with Crippen molar-refractivity contribution >= 4 is 27.9 Å². The van der Waals surface area contributed by atoms with Crippen LogP contribution in [0.4, 0.5) is 0 Å². The molecule has 5 rings (SSSR count). The Bertz CT molecular complexity index is 1310. The molecule has 5 aromatic rings. The summed E-state index contributed by atoms with van der Waals surface area (Å²) in [4.78, 5) is 0.684. The predicted octanol–water partition coefficient (Wildman–Crippen LogP) is 5.21. The molecule has 0 aliphatic rings. The molecule has 0 unspecified atom stereocenters. The van der Waals surface area contributed by atoms with Gasteiger partial charge >= 0.3 is 0 Å². The fourth-order valence-corrected chi connectivity index (χ4v) is 4.07. The molecule has 2 aromatic carbocycles. The Morgan fingerprint density at radius 1 is 1.03 bits per heavy atom. The van der Waals surface area contributed by atoms with E-state index in [-0.39, 0.29) is 0 Å². The van der Waals surface area contributed by atoms with Gasteiger partial charge in [-0.05, 0) is 44.2 Å². The Labute approximate surface area is 181 Å². The minimum absolute atomic E-state index is 0.601. The van der Waals surface area contributed by atoms with E-state index in [1.165, 1.54) is 11.3 Å². The molecule has 3 aromatic heterocycles. The Morgan fingerprint density at radius 3 is 2.57 bits per heavy atom. The van der Waals surface area contributed by atoms with E-state index in [1.54, 1.807) is 16.6 Å². The number of nitrogens with zero attached hydrogens (tertiary/aromatic N) is 5. The molecule has 150 valence electrons. The number of aromatic amines is 1. The molecular weight excluding hydrogens is 420 g/mol. The molecule has 0 aliphatic heterocycles. The maximum Gasteiger partial charge on any atom is 0.235 e. The zero-order chi connectivity index (χ0) is 20.7. The summed E-state index contributed by atoms with van der Waals surface area (Å²) in [6.45, 7) is 3.94. The van der Waals surface area contributed by atoms with Gasteiger partial charge in [-0.2, -0.15) is 14.7 Å². The van der Waals surface area contributed by atoms with Gasteiger partial charge in [-0.1, -0.05) is 53.3 Å². The Kier molecular flexibility index (Phi) is 4.52. The van der Waals surface area contributed by atoms with Gasteiger partial charge in [-0.25, -0.2) is 0 Å². The van der Waals surface area contributed by atoms with Gasteiger partial charge in [-0.3, -0.25) is 5.10 Å². The smallest absolute Gasteiger partial charge is 0.235 e. The fraction of sp³-hybridized carbons (Fsp3) is 0.143. The van der Waals surface area contributed by atoms with E-state index in [0.717, 1.165) is 27.7 Å². The van der Waals surface area contributed by atoms with Crippen LogP contribution < -0.4 is 4.74 Å². The number of nitrogens with one attached hydrogen (secondary N) is 1. The number of aromatic nitrogens is 6. The second kappa shape index (κ2) is 7.23. The summed E-state index contributed by atoms with van der Waals surface area (Å²) in [5, 5.41) is 22.2. The third kappa shape index (κ3) is 3.44. The van der Waals surface area contributed by atoms with E-state index in [4.69, 9.17) is 21.4 Å². The number of ether oxygens (including phenoxy) is 1. The normalized spacial score (nSPS) is 11.8. The van der Waals surface area contributed by atoms with Crippen LogP contribution in [0.5, 0.6) is 5.75 Å². The van der Waals surface area contributed by atoms with Crippen molar-refractivity contribution in [2.75, 3.05) is 0 Å². The maximum absolute atomic E-state index is 6.16. The van der Waals surface area contributed by atoms with E-state index in [9.17, 15) is 0 Å². The van der Waals surface area contributed by atoms with Gasteiger partial charge in [0.2, 0.25) is 10.8 Å². The minimum atomic E-state index is -0.653. The van der Waals surface area contributed by atoms with Crippen LogP contribution in [0.1, 0.15) is 18.9 Å². The quantitative estimate of drug-likeness (QED) is 0.409. The first-order valence-corrected chi connectivity index (χ1v) is 10.5. The predicted molar refractivity (Wildman–Crippen MR) is 117 cm³/mol. The van der Waals surface area contributed by atoms with Crippen molar-refractivity contribution in [3.8, 4) is 28.5 Å². The second-order valence-electron chi connectivity index (χ2n) is 7.22. The SMILES string of the molecule is CC(C)(Oc1ccc(Cl)cc1)c1nn2c(-c3cc(-c4ccccc4)n[nH]3)nnc2s1. The third-order valence-corrected chi connectivity index (χ3v) is 6.04. The number of hydrogen-bond acceptors (Lipinski definition) is 6. The minimum Gasteiger partial charge on any atom is -0.481 e. The molecule has 0 aliphatic carbocycles. The van der Waals surface area contributed by atoms with Crippen molar-refractivity contribution < 1.29 is 4.74 Å². The molecule has 9 heteroatoms. The van der Waals surface area contributed by atoms with Gasteiger partial charge in [0.1, 0.15) is 11.4 Å². The topological polar surface area (TPSA) is 81.0 Å². The number of H-pyrrole nitrogens is 1. The van der Waals surface area contributed by atoms with Crippen molar-refractivity contribution in [1.82, 2.24) is 30.0 Å². The maximum atomic E-state index is 6.16. The highest BCUT2D eigenvalue weighted by atomic mass is 35.5. The Morgan fingerprint density at radius 2 is 1.80 bits per heavy atom. The van der Waals surface area contributed by atoms with Crippen molar-refractivity contribution in [3.05, 3.63) is 70.7 Å². The van der Waals surface area contributed by atoms with Crippen LogP contribution in [0, 0.1) is 0 Å². The van der Waals surface area contributed by atoms with Gasteiger partial charge in [0.25, 0.3) is 0 Å². The van der Waals surface area contributed by atoms with Gasteiger partial charge in [0, 0.05) is 10.6 Å². The van der Waals surface area contributed by atoms with Crippen LogP contribution in [-0.2, 0) is 5.60 Å². The standard InChI is InChI=1S/C21H17ClN6OS/c1-21(2,29-15-10-8-14(22)9-11-15)19-27-28-18(25-26-20(28)30-19)17-12-16(23-24-17)13-6-4-3-5-7-13/h3-12H,1-2H3,(H,23,24). The molecule has 0 bridgehead atoms. The van der Waals surface area contributed by atoms with E-state index < -0.39 is 5.60 Å². The highest BCUT2D eigenvalue weighted by molar-refractivity contribution is 7.16. The number of fused-ring (bicyclic) bond motifs is 1. The Balaban J connectivity index is 1.47. The molecule has 3 heterocycles. The molecule has 0 atom stereocenters. The molecular formula is C21H17ClN6OS. The summed E-state index contributed by atoms with van der Waals surface area (Å²) in [5.41, 5.74) is 1.95. The van der Waals surface area contributed by atoms with E-state index in [1.807, 2.05) is 62.4 Å². The van der Waals surface area contributed by atoms with Gasteiger partial charge in [0.05, 0.1) is 5.69 Å². The molecule has 30 heavy (non-hydrogen) atoms. The van der Waals surface area contributed by atoms with Gasteiger partial charge < -0.3 is 4.74 Å². The summed E-state index contributed by atoms with van der Waals surface area (Å²) >= 11 is 7.40. The molecule has 0 fully saturated rings. The van der Waals surface area contributed by atoms with Crippen molar-refractivity contribution in [2.45, 2.75) is 19.4 Å². The van der Waals surface area contributed by atoms with Crippen LogP contribution in [0.25, 0.3) is 27.7 Å². The van der Waals surface area contributed by atoms with Crippen LogP contribution in [0.15, 0.2) is 60.7 Å². The molecule has 0 spiro atoms. The second-order valence-corrected chi connectivity index (χ2v) is 8.62. The lowest BCUT2D eigenvalue weighted by molar-refractivity contribution is 0.107. The fourth-order valence-electron chi connectivity index (χ4n) is 3.06. The zero-order valence-corrected chi connectivity index (χ0v) is 17.8. The molecule has 0 radical (unpaired) electrons. The number of benzene rings is 2. The van der Waals surface area contributed by atoms with E-state index in [0.29, 0.717) is 15.8 Å².